The molecule has 0 bridgehead atoms. The third-order valence-corrected chi connectivity index (χ3v) is 4.12. The number of carbonyl (C=O) groups excluding carboxylic acids is 1. The van der Waals surface area contributed by atoms with E-state index in [0.29, 0.717) is 0 Å². The summed E-state index contributed by atoms with van der Waals surface area (Å²) in [7, 11) is 0. The van der Waals surface area contributed by atoms with Crippen LogP contribution >= 0.6 is 0 Å². The van der Waals surface area contributed by atoms with E-state index in [2.05, 4.69) is 17.1 Å². The number of nitrogens with zero attached hydrogens (tertiary/aromatic N) is 1. The second kappa shape index (κ2) is 7.55. The van der Waals surface area contributed by atoms with Crippen molar-refractivity contribution in [3.63, 3.8) is 0 Å². The van der Waals surface area contributed by atoms with E-state index in [1.165, 1.54) is 18.9 Å². The lowest BCUT2D eigenvalue weighted by Gasteiger charge is -2.32. The number of likely N-dealkylation sites (tertiary alicyclic amines) is 1. The van der Waals surface area contributed by atoms with Gasteiger partial charge in [-0.2, -0.15) is 0 Å². The molecular formula is C17H25FN2O. The molecule has 3 nitrogen and oxygen atoms in total. The zero-order chi connectivity index (χ0) is 15.2. The summed E-state index contributed by atoms with van der Waals surface area (Å²) in [5.41, 5.74) is 1.05. The Hall–Kier alpha value is -1.42. The first-order valence-electron chi connectivity index (χ1n) is 7.89. The summed E-state index contributed by atoms with van der Waals surface area (Å²) in [4.78, 5) is 14.6. The highest BCUT2D eigenvalue weighted by Crippen LogP contribution is 2.14. The summed E-state index contributed by atoms with van der Waals surface area (Å²) in [5, 5.41) is 2.97. The molecule has 2 rings (SSSR count). The summed E-state index contributed by atoms with van der Waals surface area (Å²) in [6.07, 6.45) is 4.33. The number of piperidine rings is 1. The van der Waals surface area contributed by atoms with Crippen LogP contribution in [0.2, 0.25) is 0 Å². The van der Waals surface area contributed by atoms with E-state index < -0.39 is 5.82 Å². The second-order valence-electron chi connectivity index (χ2n) is 5.93. The van der Waals surface area contributed by atoms with Crippen LogP contribution < -0.4 is 5.32 Å². The van der Waals surface area contributed by atoms with Gasteiger partial charge in [0.1, 0.15) is 5.82 Å². The SMILES string of the molecule is CCCCN1CCC(NC(=O)c2cc(C)ccc2F)CC1. The minimum Gasteiger partial charge on any atom is -0.349 e. The molecule has 1 saturated heterocycles. The van der Waals surface area contributed by atoms with Crippen LogP contribution in [-0.4, -0.2) is 36.5 Å². The number of halogens is 1. The fourth-order valence-corrected chi connectivity index (χ4v) is 2.76. The Kier molecular flexibility index (Phi) is 5.74. The van der Waals surface area contributed by atoms with E-state index in [0.717, 1.165) is 38.0 Å². The molecule has 0 saturated carbocycles. The van der Waals surface area contributed by atoms with Gasteiger partial charge in [-0.15, -0.1) is 0 Å². The van der Waals surface area contributed by atoms with Crippen LogP contribution in [0.15, 0.2) is 18.2 Å². The first kappa shape index (κ1) is 16.0. The van der Waals surface area contributed by atoms with E-state index >= 15 is 0 Å². The summed E-state index contributed by atoms with van der Waals surface area (Å²) >= 11 is 0. The predicted molar refractivity (Wildman–Crippen MR) is 83.0 cm³/mol. The van der Waals surface area contributed by atoms with Gasteiger partial charge >= 0.3 is 0 Å². The topological polar surface area (TPSA) is 32.3 Å². The van der Waals surface area contributed by atoms with E-state index in [1.54, 1.807) is 12.1 Å². The quantitative estimate of drug-likeness (QED) is 0.904. The smallest absolute Gasteiger partial charge is 0.254 e. The fourth-order valence-electron chi connectivity index (χ4n) is 2.76. The molecule has 1 amide bonds. The summed E-state index contributed by atoms with van der Waals surface area (Å²) < 4.78 is 13.7. The Morgan fingerprint density at radius 1 is 1.38 bits per heavy atom. The molecule has 0 aliphatic carbocycles. The molecule has 1 aromatic rings. The lowest BCUT2D eigenvalue weighted by atomic mass is 10.0. The van der Waals surface area contributed by atoms with Gasteiger partial charge in [0, 0.05) is 19.1 Å². The summed E-state index contributed by atoms with van der Waals surface area (Å²) in [5.74, 6) is -0.735. The molecule has 1 aromatic carbocycles. The molecular weight excluding hydrogens is 267 g/mol. The molecule has 116 valence electrons. The number of amides is 1. The van der Waals surface area contributed by atoms with Gasteiger partial charge in [-0.05, 0) is 44.9 Å². The molecule has 1 heterocycles. The Balaban J connectivity index is 1.85. The van der Waals surface area contributed by atoms with Crippen LogP contribution in [0.4, 0.5) is 4.39 Å². The average molecular weight is 292 g/mol. The summed E-state index contributed by atoms with van der Waals surface area (Å²) in [6, 6.07) is 4.81. The van der Waals surface area contributed by atoms with E-state index in [-0.39, 0.29) is 17.5 Å². The molecule has 4 heteroatoms. The molecule has 1 N–H and O–H groups in total. The van der Waals surface area contributed by atoms with Crippen molar-refractivity contribution in [3.05, 3.63) is 35.1 Å². The first-order valence-corrected chi connectivity index (χ1v) is 7.89. The number of aryl methyl sites for hydroxylation is 1. The molecule has 21 heavy (non-hydrogen) atoms. The van der Waals surface area contributed by atoms with Crippen molar-refractivity contribution in [1.29, 1.82) is 0 Å². The highest BCUT2D eigenvalue weighted by Gasteiger charge is 2.21. The molecule has 1 aliphatic rings. The fraction of sp³-hybridized carbons (Fsp3) is 0.588. The van der Waals surface area contributed by atoms with Crippen molar-refractivity contribution in [2.75, 3.05) is 19.6 Å². The Bertz CT molecular complexity index is 482. The molecule has 0 radical (unpaired) electrons. The molecule has 1 aliphatic heterocycles. The normalized spacial score (nSPS) is 16.9. The van der Waals surface area contributed by atoms with Crippen molar-refractivity contribution in [1.82, 2.24) is 10.2 Å². The Morgan fingerprint density at radius 2 is 2.10 bits per heavy atom. The first-order chi connectivity index (χ1) is 10.1. The zero-order valence-electron chi connectivity index (χ0n) is 13.0. The number of carbonyl (C=O) groups is 1. The van der Waals surface area contributed by atoms with Crippen molar-refractivity contribution in [2.24, 2.45) is 0 Å². The number of benzene rings is 1. The van der Waals surface area contributed by atoms with E-state index in [4.69, 9.17) is 0 Å². The van der Waals surface area contributed by atoms with Gasteiger partial charge in [-0.3, -0.25) is 4.79 Å². The van der Waals surface area contributed by atoms with Gasteiger partial charge in [0.05, 0.1) is 5.56 Å². The Labute approximate surface area is 126 Å². The number of hydrogen-bond donors (Lipinski definition) is 1. The van der Waals surface area contributed by atoms with Gasteiger partial charge in [-0.25, -0.2) is 4.39 Å². The van der Waals surface area contributed by atoms with Gasteiger partial charge in [0.15, 0.2) is 0 Å². The number of nitrogens with one attached hydrogen (secondary N) is 1. The van der Waals surface area contributed by atoms with E-state index in [1.807, 2.05) is 6.92 Å². The number of rotatable bonds is 5. The monoisotopic (exact) mass is 292 g/mol. The van der Waals surface area contributed by atoms with Crippen molar-refractivity contribution < 1.29 is 9.18 Å². The molecule has 1 fully saturated rings. The third-order valence-electron chi connectivity index (χ3n) is 4.12. The number of hydrogen-bond acceptors (Lipinski definition) is 2. The van der Waals surface area contributed by atoms with Crippen molar-refractivity contribution in [3.8, 4) is 0 Å². The number of unbranched alkanes of at least 4 members (excludes halogenated alkanes) is 1. The van der Waals surface area contributed by atoms with Crippen LogP contribution in [0.25, 0.3) is 0 Å². The largest absolute Gasteiger partial charge is 0.349 e. The highest BCUT2D eigenvalue weighted by molar-refractivity contribution is 5.94. The molecule has 0 atom stereocenters. The maximum Gasteiger partial charge on any atom is 0.254 e. The lowest BCUT2D eigenvalue weighted by Crippen LogP contribution is -2.45. The maximum absolute atomic E-state index is 13.7. The van der Waals surface area contributed by atoms with Gasteiger partial charge in [-0.1, -0.05) is 25.0 Å². The van der Waals surface area contributed by atoms with Crippen LogP contribution in [0.5, 0.6) is 0 Å². The predicted octanol–water partition coefficient (Wildman–Crippen LogP) is 3.13. The van der Waals surface area contributed by atoms with Crippen LogP contribution in [0, 0.1) is 12.7 Å². The average Bonchev–Trinajstić information content (AvgIpc) is 2.49. The van der Waals surface area contributed by atoms with Gasteiger partial charge in [0.25, 0.3) is 5.91 Å². The van der Waals surface area contributed by atoms with E-state index in [9.17, 15) is 9.18 Å². The Morgan fingerprint density at radius 3 is 2.76 bits per heavy atom. The van der Waals surface area contributed by atoms with Gasteiger partial charge < -0.3 is 10.2 Å². The third kappa shape index (κ3) is 4.53. The lowest BCUT2D eigenvalue weighted by molar-refractivity contribution is 0.0906. The van der Waals surface area contributed by atoms with Crippen LogP contribution in [0.1, 0.15) is 48.5 Å². The van der Waals surface area contributed by atoms with Crippen LogP contribution in [-0.2, 0) is 0 Å². The molecule has 0 spiro atoms. The van der Waals surface area contributed by atoms with Crippen molar-refractivity contribution >= 4 is 5.91 Å². The molecule has 0 unspecified atom stereocenters. The zero-order valence-corrected chi connectivity index (χ0v) is 13.0. The van der Waals surface area contributed by atoms with Gasteiger partial charge in [0.2, 0.25) is 0 Å². The minimum absolute atomic E-state index is 0.156. The second-order valence-corrected chi connectivity index (χ2v) is 5.93. The highest BCUT2D eigenvalue weighted by atomic mass is 19.1. The molecule has 0 aromatic heterocycles. The van der Waals surface area contributed by atoms with Crippen molar-refractivity contribution in [2.45, 2.75) is 45.6 Å². The summed E-state index contributed by atoms with van der Waals surface area (Å²) in [6.45, 7) is 7.23. The van der Waals surface area contributed by atoms with Crippen LogP contribution in [0.3, 0.4) is 0 Å². The minimum atomic E-state index is -0.446. The standard InChI is InChI=1S/C17H25FN2O/c1-3-4-9-20-10-7-14(8-11-20)19-17(21)15-12-13(2)5-6-16(15)18/h5-6,12,14H,3-4,7-11H2,1-2H3,(H,19,21). The maximum atomic E-state index is 13.7.